The first-order valence-electron chi connectivity index (χ1n) is 9.44. The van der Waals surface area contributed by atoms with E-state index in [0.717, 1.165) is 45.6 Å². The molecule has 1 aliphatic rings. The molecule has 3 rings (SSSR count). The molecular formula is C19H27N4O2S+. The Bertz CT molecular complexity index is 908. The summed E-state index contributed by atoms with van der Waals surface area (Å²) in [6.45, 7) is 9.40. The van der Waals surface area contributed by atoms with Gasteiger partial charge in [-0.05, 0) is 57.1 Å². The van der Waals surface area contributed by atoms with Gasteiger partial charge in [-0.1, -0.05) is 0 Å². The Hall–Kier alpha value is -1.99. The normalized spacial score (nSPS) is 14.5. The summed E-state index contributed by atoms with van der Waals surface area (Å²) in [6.07, 6.45) is 2.11. The van der Waals surface area contributed by atoms with Gasteiger partial charge in [0.25, 0.3) is 11.5 Å². The van der Waals surface area contributed by atoms with Crippen molar-refractivity contribution in [2.75, 3.05) is 32.7 Å². The molecule has 1 fully saturated rings. The highest BCUT2D eigenvalue weighted by molar-refractivity contribution is 7.71. The molecule has 1 saturated heterocycles. The van der Waals surface area contributed by atoms with Crippen LogP contribution in [0.3, 0.4) is 0 Å². The fourth-order valence-corrected chi connectivity index (χ4v) is 3.85. The van der Waals surface area contributed by atoms with E-state index in [1.54, 1.807) is 22.8 Å². The van der Waals surface area contributed by atoms with Crippen LogP contribution in [-0.4, -0.2) is 53.1 Å². The summed E-state index contributed by atoms with van der Waals surface area (Å²) < 4.78 is 2.05. The van der Waals surface area contributed by atoms with Crippen molar-refractivity contribution in [2.45, 2.75) is 33.2 Å². The molecule has 0 unspecified atom stereocenters. The number of likely N-dealkylation sites (tertiary alicyclic amines) is 1. The average molecular weight is 376 g/mol. The number of benzene rings is 1. The highest BCUT2D eigenvalue weighted by Gasteiger charge is 2.20. The third-order valence-corrected chi connectivity index (χ3v) is 5.63. The molecule has 26 heavy (non-hydrogen) atoms. The molecule has 0 atom stereocenters. The van der Waals surface area contributed by atoms with E-state index < -0.39 is 0 Å². The molecular weight excluding hydrogens is 348 g/mol. The number of rotatable bonds is 6. The molecule has 1 aromatic carbocycles. The van der Waals surface area contributed by atoms with Gasteiger partial charge >= 0.3 is 0 Å². The maximum Gasteiger partial charge on any atom is 0.262 e. The topological polar surface area (TPSA) is 62.5 Å². The summed E-state index contributed by atoms with van der Waals surface area (Å²) in [7, 11) is 0. The van der Waals surface area contributed by atoms with Crippen molar-refractivity contribution >= 4 is 29.0 Å². The number of quaternary nitrogens is 1. The SMILES string of the molecule is CC[NH+](CC)CCn1c(=S)[nH]c2cc(C(=O)N3CCCC3)ccc2c1=O. The Morgan fingerprint density at radius 2 is 1.92 bits per heavy atom. The monoisotopic (exact) mass is 375 g/mol. The van der Waals surface area contributed by atoms with Gasteiger partial charge in [0, 0.05) is 18.7 Å². The predicted molar refractivity (Wildman–Crippen MR) is 105 cm³/mol. The van der Waals surface area contributed by atoms with Gasteiger partial charge in [0.15, 0.2) is 4.77 Å². The summed E-state index contributed by atoms with van der Waals surface area (Å²) in [5.74, 6) is 0.0260. The van der Waals surface area contributed by atoms with Crippen LogP contribution in [0.5, 0.6) is 0 Å². The van der Waals surface area contributed by atoms with Crippen LogP contribution in [0.15, 0.2) is 23.0 Å². The van der Waals surface area contributed by atoms with Gasteiger partial charge in [0.2, 0.25) is 0 Å². The summed E-state index contributed by atoms with van der Waals surface area (Å²) in [4.78, 5) is 31.9. The minimum Gasteiger partial charge on any atom is -0.339 e. The second-order valence-corrected chi connectivity index (χ2v) is 7.24. The van der Waals surface area contributed by atoms with Crippen LogP contribution >= 0.6 is 12.2 Å². The smallest absolute Gasteiger partial charge is 0.262 e. The molecule has 0 spiro atoms. The lowest BCUT2D eigenvalue weighted by Gasteiger charge is -2.17. The number of hydrogen-bond acceptors (Lipinski definition) is 3. The van der Waals surface area contributed by atoms with Gasteiger partial charge in [-0.2, -0.15) is 0 Å². The first-order valence-corrected chi connectivity index (χ1v) is 9.85. The zero-order valence-corrected chi connectivity index (χ0v) is 16.3. The van der Waals surface area contributed by atoms with Gasteiger partial charge in [0.05, 0.1) is 37.1 Å². The minimum absolute atomic E-state index is 0.0260. The van der Waals surface area contributed by atoms with E-state index in [1.807, 2.05) is 4.90 Å². The largest absolute Gasteiger partial charge is 0.339 e. The molecule has 2 N–H and O–H groups in total. The van der Waals surface area contributed by atoms with E-state index in [4.69, 9.17) is 12.2 Å². The fraction of sp³-hybridized carbons (Fsp3) is 0.526. The second-order valence-electron chi connectivity index (χ2n) is 6.85. The van der Waals surface area contributed by atoms with Gasteiger partial charge in [-0.15, -0.1) is 0 Å². The van der Waals surface area contributed by atoms with E-state index in [9.17, 15) is 9.59 Å². The molecule has 0 saturated carbocycles. The molecule has 1 amide bonds. The number of likely N-dealkylation sites (N-methyl/N-ethyl adjacent to an activating group) is 1. The summed E-state index contributed by atoms with van der Waals surface area (Å²) in [5, 5.41) is 0.575. The number of carbonyl (C=O) groups is 1. The van der Waals surface area contributed by atoms with Crippen molar-refractivity contribution in [3.05, 3.63) is 38.9 Å². The first-order chi connectivity index (χ1) is 12.5. The maximum absolute atomic E-state index is 12.8. The van der Waals surface area contributed by atoms with Crippen molar-refractivity contribution < 1.29 is 9.69 Å². The lowest BCUT2D eigenvalue weighted by Crippen LogP contribution is -3.11. The predicted octanol–water partition coefficient (Wildman–Crippen LogP) is 1.22. The van der Waals surface area contributed by atoms with Crippen LogP contribution in [0, 0.1) is 4.77 Å². The van der Waals surface area contributed by atoms with Crippen LogP contribution in [0.1, 0.15) is 37.0 Å². The summed E-state index contributed by atoms with van der Waals surface area (Å²) in [6, 6.07) is 5.25. The zero-order valence-electron chi connectivity index (χ0n) is 15.5. The lowest BCUT2D eigenvalue weighted by atomic mass is 10.1. The fourth-order valence-electron chi connectivity index (χ4n) is 3.57. The van der Waals surface area contributed by atoms with Crippen molar-refractivity contribution in [1.82, 2.24) is 14.5 Å². The third-order valence-electron chi connectivity index (χ3n) is 5.31. The molecule has 7 heteroatoms. The number of fused-ring (bicyclic) bond motifs is 1. The molecule has 1 aliphatic heterocycles. The van der Waals surface area contributed by atoms with Gasteiger partial charge in [-0.3, -0.25) is 14.2 Å². The van der Waals surface area contributed by atoms with Crippen molar-refractivity contribution in [1.29, 1.82) is 0 Å². The highest BCUT2D eigenvalue weighted by atomic mass is 32.1. The number of nitrogens with one attached hydrogen (secondary N) is 2. The minimum atomic E-state index is -0.0875. The number of hydrogen-bond donors (Lipinski definition) is 2. The van der Waals surface area contributed by atoms with E-state index in [1.165, 1.54) is 4.90 Å². The first kappa shape index (κ1) is 18.8. The molecule has 0 bridgehead atoms. The Kier molecular flexibility index (Phi) is 5.88. The van der Waals surface area contributed by atoms with Crippen molar-refractivity contribution in [2.24, 2.45) is 0 Å². The lowest BCUT2D eigenvalue weighted by molar-refractivity contribution is -0.897. The Morgan fingerprint density at radius 1 is 1.23 bits per heavy atom. The Morgan fingerprint density at radius 3 is 2.58 bits per heavy atom. The van der Waals surface area contributed by atoms with Crippen LogP contribution in [0.2, 0.25) is 0 Å². The summed E-state index contributed by atoms with van der Waals surface area (Å²) in [5.41, 5.74) is 1.15. The Labute approximate surface area is 158 Å². The van der Waals surface area contributed by atoms with E-state index in [-0.39, 0.29) is 11.5 Å². The van der Waals surface area contributed by atoms with Gasteiger partial charge in [-0.25, -0.2) is 0 Å². The van der Waals surface area contributed by atoms with Crippen LogP contribution in [-0.2, 0) is 6.54 Å². The van der Waals surface area contributed by atoms with Gasteiger partial charge < -0.3 is 14.8 Å². The van der Waals surface area contributed by atoms with Crippen LogP contribution < -0.4 is 10.5 Å². The van der Waals surface area contributed by atoms with Crippen molar-refractivity contribution in [3.8, 4) is 0 Å². The van der Waals surface area contributed by atoms with E-state index >= 15 is 0 Å². The number of carbonyl (C=O) groups excluding carboxylic acids is 1. The maximum atomic E-state index is 12.8. The highest BCUT2D eigenvalue weighted by Crippen LogP contribution is 2.16. The molecule has 1 aromatic heterocycles. The second kappa shape index (κ2) is 8.14. The molecule has 0 radical (unpaired) electrons. The van der Waals surface area contributed by atoms with E-state index in [0.29, 0.717) is 27.8 Å². The van der Waals surface area contributed by atoms with Gasteiger partial charge in [0.1, 0.15) is 0 Å². The average Bonchev–Trinajstić information content (AvgIpc) is 3.18. The number of nitrogens with zero attached hydrogens (tertiary/aromatic N) is 2. The van der Waals surface area contributed by atoms with E-state index in [2.05, 4.69) is 18.8 Å². The number of amides is 1. The molecule has 0 aliphatic carbocycles. The summed E-state index contributed by atoms with van der Waals surface area (Å²) >= 11 is 5.41. The zero-order chi connectivity index (χ0) is 18.7. The van der Waals surface area contributed by atoms with Crippen LogP contribution in [0.25, 0.3) is 10.9 Å². The van der Waals surface area contributed by atoms with Crippen LogP contribution in [0.4, 0.5) is 0 Å². The number of aromatic nitrogens is 2. The molecule has 140 valence electrons. The molecule has 2 heterocycles. The third kappa shape index (κ3) is 3.73. The molecule has 6 nitrogen and oxygen atoms in total. The number of aromatic amines is 1. The quantitative estimate of drug-likeness (QED) is 0.747. The standard InChI is InChI=1S/C19H26N4O2S/c1-3-21(4-2)11-12-23-18(25)15-8-7-14(13-16(15)20-19(23)26)17(24)22-9-5-6-10-22/h7-8,13H,3-6,9-12H2,1-2H3,(H,20,26)/p+1. The number of H-pyrrole nitrogens is 1. The molecule has 2 aromatic rings. The Balaban J connectivity index is 1.92. The van der Waals surface area contributed by atoms with Crippen molar-refractivity contribution in [3.63, 3.8) is 0 Å².